The molecule has 1 aliphatic heterocycles. The van der Waals surface area contributed by atoms with Crippen molar-refractivity contribution < 1.29 is 27.9 Å². The Labute approximate surface area is 304 Å². The molecule has 12 nitrogen and oxygen atoms in total. The van der Waals surface area contributed by atoms with Crippen LogP contribution in [0.4, 0.5) is 4.79 Å². The summed E-state index contributed by atoms with van der Waals surface area (Å²) in [6, 6.07) is 9.54. The largest absolute Gasteiger partial charge is 0.390 e. The van der Waals surface area contributed by atoms with E-state index in [2.05, 4.69) is 25.8 Å². The zero-order valence-electron chi connectivity index (χ0n) is 31.3. The first-order valence-electron chi connectivity index (χ1n) is 18.0. The second-order valence-corrected chi connectivity index (χ2v) is 18.7. The number of amides is 4. The number of carbonyl (C=O) groups is 3. The van der Waals surface area contributed by atoms with Crippen molar-refractivity contribution in [3.63, 3.8) is 0 Å². The Kier molecular flexibility index (Phi) is 13.3. The number of hydrogen-bond donors (Lipinski definition) is 4. The molecule has 0 bridgehead atoms. The third-order valence-electron chi connectivity index (χ3n) is 10.5. The number of aliphatic hydroxyl groups is 1. The Morgan fingerprint density at radius 1 is 0.980 bits per heavy atom. The fourth-order valence-electron chi connectivity index (χ4n) is 7.25. The van der Waals surface area contributed by atoms with Gasteiger partial charge in [0.2, 0.25) is 11.8 Å². The molecule has 1 aromatic heterocycles. The van der Waals surface area contributed by atoms with Crippen LogP contribution in [0.2, 0.25) is 0 Å². The number of aromatic nitrogens is 1. The molecule has 51 heavy (non-hydrogen) atoms. The van der Waals surface area contributed by atoms with Crippen LogP contribution < -0.4 is 16.0 Å². The van der Waals surface area contributed by atoms with Gasteiger partial charge in [0.15, 0.2) is 9.84 Å². The van der Waals surface area contributed by atoms with Gasteiger partial charge in [-0.15, -0.1) is 0 Å². The molecule has 0 spiro atoms. The van der Waals surface area contributed by atoms with Gasteiger partial charge in [-0.2, -0.15) is 0 Å². The first-order valence-corrected chi connectivity index (χ1v) is 19.9. The van der Waals surface area contributed by atoms with Gasteiger partial charge in [0, 0.05) is 50.9 Å². The fourth-order valence-corrected chi connectivity index (χ4v) is 7.85. The number of urea groups is 1. The van der Waals surface area contributed by atoms with Gasteiger partial charge in [0.1, 0.15) is 6.04 Å². The van der Waals surface area contributed by atoms with Crippen LogP contribution in [-0.2, 0) is 32.4 Å². The van der Waals surface area contributed by atoms with Gasteiger partial charge < -0.3 is 26.0 Å². The number of nitrogens with one attached hydrogen (secondary N) is 3. The minimum atomic E-state index is -3.88. The first-order chi connectivity index (χ1) is 23.9. The van der Waals surface area contributed by atoms with Crippen LogP contribution in [0.25, 0.3) is 0 Å². The lowest BCUT2D eigenvalue weighted by Crippen LogP contribution is -2.64. The van der Waals surface area contributed by atoms with Crippen molar-refractivity contribution in [3.05, 3.63) is 66.0 Å². The van der Waals surface area contributed by atoms with Gasteiger partial charge >= 0.3 is 6.03 Å². The molecule has 1 aliphatic carbocycles. The Hall–Kier alpha value is -3.55. The highest BCUT2D eigenvalue weighted by Gasteiger charge is 2.46. The summed E-state index contributed by atoms with van der Waals surface area (Å²) in [7, 11) is -2.33. The molecule has 4 N–H and O–H groups in total. The summed E-state index contributed by atoms with van der Waals surface area (Å²) in [6.45, 7) is 9.64. The summed E-state index contributed by atoms with van der Waals surface area (Å²) in [6.07, 6.45) is 8.58. The van der Waals surface area contributed by atoms with E-state index >= 15 is 0 Å². The van der Waals surface area contributed by atoms with E-state index in [-0.39, 0.29) is 25.4 Å². The summed E-state index contributed by atoms with van der Waals surface area (Å²) in [5, 5.41) is 20.7. The highest BCUT2D eigenvalue weighted by Crippen LogP contribution is 2.39. The zero-order chi connectivity index (χ0) is 37.6. The molecular weight excluding hydrogens is 669 g/mol. The number of β-amino-alcohol motifs (C(OH)–C–C–N with tert-alkyl or cyclic N) is 1. The van der Waals surface area contributed by atoms with Crippen LogP contribution in [0.15, 0.2) is 54.9 Å². The van der Waals surface area contributed by atoms with Crippen molar-refractivity contribution >= 4 is 27.7 Å². The highest BCUT2D eigenvalue weighted by molar-refractivity contribution is 7.92. The molecule has 2 heterocycles. The molecule has 2 aliphatic rings. The van der Waals surface area contributed by atoms with Gasteiger partial charge in [-0.25, -0.2) is 13.2 Å². The molecular formula is C38H58N6O6S. The number of carbonyl (C=O) groups excluding carboxylic acids is 3. The zero-order valence-corrected chi connectivity index (χ0v) is 32.1. The topological polar surface area (TPSA) is 161 Å². The Morgan fingerprint density at radius 3 is 2.24 bits per heavy atom. The molecule has 4 amide bonds. The molecule has 1 aromatic carbocycles. The van der Waals surface area contributed by atoms with E-state index in [1.165, 1.54) is 18.7 Å². The summed E-state index contributed by atoms with van der Waals surface area (Å²) in [5.41, 5.74) is 1.19. The Bertz CT molecular complexity index is 1580. The van der Waals surface area contributed by atoms with Crippen molar-refractivity contribution in [2.75, 3.05) is 26.4 Å². The lowest BCUT2D eigenvalue weighted by molar-refractivity contribution is -0.133. The van der Waals surface area contributed by atoms with Gasteiger partial charge in [-0.05, 0) is 82.9 Å². The number of sulfone groups is 1. The second-order valence-electron chi connectivity index (χ2n) is 16.1. The average molecular weight is 727 g/mol. The number of aliphatic hydroxyl groups excluding tert-OH is 1. The van der Waals surface area contributed by atoms with Gasteiger partial charge in [0.05, 0.1) is 22.9 Å². The van der Waals surface area contributed by atoms with Crippen LogP contribution in [0.1, 0.15) is 77.8 Å². The predicted molar refractivity (Wildman–Crippen MR) is 198 cm³/mol. The van der Waals surface area contributed by atoms with E-state index in [0.29, 0.717) is 24.8 Å². The van der Waals surface area contributed by atoms with Crippen LogP contribution in [0, 0.1) is 11.8 Å². The average Bonchev–Trinajstić information content (AvgIpc) is 3.05. The minimum absolute atomic E-state index is 0.0737. The van der Waals surface area contributed by atoms with Crippen molar-refractivity contribution in [3.8, 4) is 0 Å². The smallest absolute Gasteiger partial charge is 0.318 e. The molecule has 4 rings (SSSR count). The van der Waals surface area contributed by atoms with Gasteiger partial charge in [-0.1, -0.05) is 55.7 Å². The van der Waals surface area contributed by atoms with E-state index in [1.54, 1.807) is 25.5 Å². The first kappa shape index (κ1) is 40.2. The predicted octanol–water partition coefficient (Wildman–Crippen LogP) is 3.30. The van der Waals surface area contributed by atoms with Gasteiger partial charge in [0.25, 0.3) is 0 Å². The van der Waals surface area contributed by atoms with Crippen LogP contribution in [0.5, 0.6) is 0 Å². The lowest BCUT2D eigenvalue weighted by atomic mass is 9.72. The normalized spacial score (nSPS) is 21.8. The molecule has 2 fully saturated rings. The number of benzene rings is 1. The van der Waals surface area contributed by atoms with E-state index in [9.17, 15) is 27.9 Å². The van der Waals surface area contributed by atoms with Crippen molar-refractivity contribution in [1.82, 2.24) is 30.7 Å². The summed E-state index contributed by atoms with van der Waals surface area (Å²) in [4.78, 5) is 48.9. The van der Waals surface area contributed by atoms with E-state index in [1.807, 2.05) is 57.2 Å². The van der Waals surface area contributed by atoms with Gasteiger partial charge in [-0.3, -0.25) is 19.5 Å². The number of fused-ring (bicyclic) bond motifs is 1. The maximum Gasteiger partial charge on any atom is 0.318 e. The standard InChI is InChI=1S/C38H58N6O6S/c1-37(2,3)42-34(46)31-21-28-17-11-12-18-29(28)24-44(31)25-32(45)30(20-26-14-9-8-10-15-26)40-35(47)33(38(4,5)51(7,49)50)41-36(48)43(6)23-27-16-13-19-39-22-27/h8-10,13-16,19,22,28-33,45H,11-12,17-18,20-21,23-25H2,1-7H3,(H,40,47)(H,41,48)(H,42,46)/t28-,29+,30-,31-,32+,33+/m0/s1. The fraction of sp³-hybridized carbons (Fsp3) is 0.632. The van der Waals surface area contributed by atoms with Crippen LogP contribution >= 0.6 is 0 Å². The minimum Gasteiger partial charge on any atom is -0.390 e. The number of piperidine rings is 1. The number of pyridine rings is 1. The second kappa shape index (κ2) is 16.9. The lowest BCUT2D eigenvalue weighted by Gasteiger charge is -2.47. The summed E-state index contributed by atoms with van der Waals surface area (Å²) >= 11 is 0. The molecule has 1 saturated carbocycles. The number of nitrogens with zero attached hydrogens (tertiary/aromatic N) is 3. The monoisotopic (exact) mass is 726 g/mol. The SMILES string of the molecule is CN(Cc1cccnc1)C(=O)N[C@H](C(=O)N[C@@H](Cc1ccccc1)[C@H](O)CN1C[C@H]2CCCC[C@H]2C[C@H]1C(=O)NC(C)(C)C)C(C)(C)S(C)(=O)=O. The molecule has 2 aromatic rings. The maximum atomic E-state index is 14.3. The highest BCUT2D eigenvalue weighted by atomic mass is 32.2. The molecule has 6 atom stereocenters. The maximum absolute atomic E-state index is 14.3. The van der Waals surface area contributed by atoms with Crippen molar-refractivity contribution in [1.29, 1.82) is 0 Å². The molecule has 0 unspecified atom stereocenters. The van der Waals surface area contributed by atoms with Crippen molar-refractivity contribution in [2.45, 2.75) is 114 Å². The molecule has 282 valence electrons. The van der Waals surface area contributed by atoms with E-state index in [0.717, 1.165) is 43.1 Å². The third kappa shape index (κ3) is 11.0. The number of hydrogen-bond acceptors (Lipinski definition) is 8. The third-order valence-corrected chi connectivity index (χ3v) is 12.6. The summed E-state index contributed by atoms with van der Waals surface area (Å²) in [5.74, 6) is 0.0594. The number of likely N-dealkylation sites (tertiary alicyclic amines) is 1. The molecule has 13 heteroatoms. The van der Waals surface area contributed by atoms with Crippen LogP contribution in [0.3, 0.4) is 0 Å². The molecule has 0 radical (unpaired) electrons. The van der Waals surface area contributed by atoms with Crippen molar-refractivity contribution in [2.24, 2.45) is 11.8 Å². The quantitative estimate of drug-likeness (QED) is 0.245. The summed E-state index contributed by atoms with van der Waals surface area (Å²) < 4.78 is 24.5. The van der Waals surface area contributed by atoms with Crippen LogP contribution in [-0.4, -0.2) is 107 Å². The van der Waals surface area contributed by atoms with E-state index in [4.69, 9.17) is 0 Å². The number of rotatable bonds is 13. The Morgan fingerprint density at radius 2 is 1.63 bits per heavy atom. The Balaban J connectivity index is 1.60. The van der Waals surface area contributed by atoms with E-state index < -0.39 is 56.3 Å². The molecule has 1 saturated heterocycles.